The summed E-state index contributed by atoms with van der Waals surface area (Å²) in [7, 11) is 0. The first-order valence-corrected chi connectivity index (χ1v) is 12.7. The molecule has 0 aliphatic rings. The van der Waals surface area contributed by atoms with Crippen molar-refractivity contribution in [1.82, 2.24) is 19.9 Å². The van der Waals surface area contributed by atoms with Crippen molar-refractivity contribution < 1.29 is 4.79 Å². The van der Waals surface area contributed by atoms with Gasteiger partial charge in [0.15, 0.2) is 5.16 Å². The smallest absolute Gasteiger partial charge is 0.272 e. The highest BCUT2D eigenvalue weighted by atomic mass is 32.2. The van der Waals surface area contributed by atoms with E-state index >= 15 is 0 Å². The van der Waals surface area contributed by atoms with Crippen molar-refractivity contribution in [1.29, 1.82) is 0 Å². The summed E-state index contributed by atoms with van der Waals surface area (Å²) in [6, 6.07) is 21.6. The van der Waals surface area contributed by atoms with Gasteiger partial charge in [0.05, 0.1) is 17.8 Å². The van der Waals surface area contributed by atoms with E-state index in [1.807, 2.05) is 73.7 Å². The molecular weight excluding hydrogens is 464 g/mol. The van der Waals surface area contributed by atoms with Crippen LogP contribution >= 0.6 is 23.1 Å². The monoisotopic (exact) mass is 486 g/mol. The highest BCUT2D eigenvalue weighted by molar-refractivity contribution is 7.99. The van der Waals surface area contributed by atoms with E-state index in [-0.39, 0.29) is 17.2 Å². The summed E-state index contributed by atoms with van der Waals surface area (Å²) in [6.07, 6.45) is 1.72. The first-order valence-electron chi connectivity index (χ1n) is 10.9. The van der Waals surface area contributed by atoms with Crippen molar-refractivity contribution in [3.05, 3.63) is 100.0 Å². The summed E-state index contributed by atoms with van der Waals surface area (Å²) in [4.78, 5) is 36.1. The molecular formula is C26H22N4O2S2. The minimum atomic E-state index is -0.110. The van der Waals surface area contributed by atoms with Gasteiger partial charge < -0.3 is 5.32 Å². The number of hydrogen-bond donors (Lipinski definition) is 1. The van der Waals surface area contributed by atoms with Gasteiger partial charge in [0.1, 0.15) is 9.53 Å². The molecule has 0 unspecified atom stereocenters. The summed E-state index contributed by atoms with van der Waals surface area (Å²) in [5, 5.41) is 4.32. The third-order valence-electron chi connectivity index (χ3n) is 5.44. The van der Waals surface area contributed by atoms with Gasteiger partial charge in [0.25, 0.3) is 5.56 Å². The molecule has 2 aromatic carbocycles. The standard InChI is InChI=1S/C26H22N4O2S2/c1-17-9-11-19(12-10-17)15-30-25(32)23-22(20-8-5-13-27-24(20)34-23)29-26(30)33-16-21(31)28-14-18-6-3-2-4-7-18/h2-13H,14-16H2,1H3,(H,28,31). The molecule has 1 amide bonds. The van der Waals surface area contributed by atoms with E-state index in [4.69, 9.17) is 4.98 Å². The van der Waals surface area contributed by atoms with Crippen molar-refractivity contribution in [3.8, 4) is 0 Å². The van der Waals surface area contributed by atoms with E-state index in [0.29, 0.717) is 28.5 Å². The second kappa shape index (κ2) is 9.79. The third-order valence-corrected chi connectivity index (χ3v) is 7.51. The number of nitrogens with zero attached hydrogens (tertiary/aromatic N) is 3. The molecule has 0 radical (unpaired) electrons. The van der Waals surface area contributed by atoms with Crippen LogP contribution < -0.4 is 10.9 Å². The van der Waals surface area contributed by atoms with Crippen LogP contribution in [0.3, 0.4) is 0 Å². The molecule has 0 atom stereocenters. The molecule has 0 saturated heterocycles. The number of thiophene rings is 1. The van der Waals surface area contributed by atoms with Crippen LogP contribution in [0.25, 0.3) is 20.4 Å². The number of amides is 1. The number of fused-ring (bicyclic) bond motifs is 3. The van der Waals surface area contributed by atoms with Crippen LogP contribution in [-0.2, 0) is 17.9 Å². The Bertz CT molecular complexity index is 1530. The van der Waals surface area contributed by atoms with Crippen LogP contribution in [0.2, 0.25) is 0 Å². The summed E-state index contributed by atoms with van der Waals surface area (Å²) < 4.78 is 2.25. The van der Waals surface area contributed by atoms with Crippen LogP contribution in [0.5, 0.6) is 0 Å². The average Bonchev–Trinajstić information content (AvgIpc) is 3.24. The highest BCUT2D eigenvalue weighted by Gasteiger charge is 2.18. The maximum absolute atomic E-state index is 13.5. The lowest BCUT2D eigenvalue weighted by molar-refractivity contribution is -0.118. The molecule has 6 nitrogen and oxygen atoms in total. The van der Waals surface area contributed by atoms with Gasteiger partial charge in [-0.05, 0) is 30.2 Å². The Hall–Kier alpha value is -3.49. The number of pyridine rings is 1. The Morgan fingerprint density at radius 1 is 1.03 bits per heavy atom. The number of hydrogen-bond acceptors (Lipinski definition) is 6. The van der Waals surface area contributed by atoms with Gasteiger partial charge in [-0.2, -0.15) is 0 Å². The fraction of sp³-hybridized carbons (Fsp3) is 0.154. The predicted molar refractivity (Wildman–Crippen MR) is 138 cm³/mol. The molecule has 8 heteroatoms. The van der Waals surface area contributed by atoms with Gasteiger partial charge in [0, 0.05) is 18.1 Å². The van der Waals surface area contributed by atoms with Gasteiger partial charge in [-0.3, -0.25) is 14.2 Å². The largest absolute Gasteiger partial charge is 0.351 e. The van der Waals surface area contributed by atoms with E-state index in [1.54, 1.807) is 10.8 Å². The maximum Gasteiger partial charge on any atom is 0.272 e. The maximum atomic E-state index is 13.5. The number of thioether (sulfide) groups is 1. The Morgan fingerprint density at radius 3 is 2.62 bits per heavy atom. The number of nitrogens with one attached hydrogen (secondary N) is 1. The first-order chi connectivity index (χ1) is 16.6. The first kappa shape index (κ1) is 22.3. The zero-order valence-electron chi connectivity index (χ0n) is 18.5. The lowest BCUT2D eigenvalue weighted by atomic mass is 10.1. The summed E-state index contributed by atoms with van der Waals surface area (Å²) in [6.45, 7) is 2.88. The molecule has 170 valence electrons. The minimum absolute atomic E-state index is 0.109. The Balaban J connectivity index is 1.46. The Kier molecular flexibility index (Phi) is 6.42. The molecule has 0 aliphatic heterocycles. The minimum Gasteiger partial charge on any atom is -0.351 e. The summed E-state index contributed by atoms with van der Waals surface area (Å²) >= 11 is 2.64. The topological polar surface area (TPSA) is 76.9 Å². The van der Waals surface area contributed by atoms with E-state index in [0.717, 1.165) is 26.9 Å². The molecule has 0 saturated carbocycles. The number of aryl methyl sites for hydroxylation is 1. The number of rotatable bonds is 7. The molecule has 0 bridgehead atoms. The van der Waals surface area contributed by atoms with Gasteiger partial charge in [0.2, 0.25) is 5.91 Å². The fourth-order valence-corrected chi connectivity index (χ4v) is 5.50. The molecule has 3 aromatic heterocycles. The van der Waals surface area contributed by atoms with Gasteiger partial charge in [-0.15, -0.1) is 11.3 Å². The Morgan fingerprint density at radius 2 is 1.82 bits per heavy atom. The number of benzene rings is 2. The Labute approximate surface area is 204 Å². The quantitative estimate of drug-likeness (QED) is 0.265. The van der Waals surface area contributed by atoms with Crippen LogP contribution in [0.1, 0.15) is 16.7 Å². The van der Waals surface area contributed by atoms with E-state index in [9.17, 15) is 9.59 Å². The molecule has 0 aliphatic carbocycles. The molecule has 5 aromatic rings. The van der Waals surface area contributed by atoms with E-state index < -0.39 is 0 Å². The van der Waals surface area contributed by atoms with Crippen molar-refractivity contribution in [2.45, 2.75) is 25.2 Å². The van der Waals surface area contributed by atoms with Crippen molar-refractivity contribution in [2.24, 2.45) is 0 Å². The van der Waals surface area contributed by atoms with Crippen molar-refractivity contribution in [3.63, 3.8) is 0 Å². The molecule has 0 fully saturated rings. The van der Waals surface area contributed by atoms with Crippen LogP contribution in [0.4, 0.5) is 0 Å². The second-order valence-electron chi connectivity index (χ2n) is 7.96. The lowest BCUT2D eigenvalue weighted by Gasteiger charge is -2.12. The van der Waals surface area contributed by atoms with Gasteiger partial charge in [-0.25, -0.2) is 9.97 Å². The number of carbonyl (C=O) groups excluding carboxylic acids is 1. The zero-order valence-corrected chi connectivity index (χ0v) is 20.2. The van der Waals surface area contributed by atoms with Crippen molar-refractivity contribution >= 4 is 49.4 Å². The van der Waals surface area contributed by atoms with Gasteiger partial charge in [-0.1, -0.05) is 71.9 Å². The predicted octanol–water partition coefficient (Wildman–Crippen LogP) is 4.77. The molecule has 0 spiro atoms. The number of aromatic nitrogens is 3. The fourth-order valence-electron chi connectivity index (χ4n) is 3.64. The van der Waals surface area contributed by atoms with Crippen LogP contribution in [0, 0.1) is 6.92 Å². The van der Waals surface area contributed by atoms with Gasteiger partial charge >= 0.3 is 0 Å². The summed E-state index contributed by atoms with van der Waals surface area (Å²) in [5.74, 6) is 0.0563. The molecule has 5 rings (SSSR count). The third kappa shape index (κ3) is 4.73. The van der Waals surface area contributed by atoms with Crippen molar-refractivity contribution in [2.75, 3.05) is 5.75 Å². The normalized spacial score (nSPS) is 11.2. The SMILES string of the molecule is Cc1ccc(Cn2c(SCC(=O)NCc3ccccc3)nc3c(sc4ncccc43)c2=O)cc1. The molecule has 3 heterocycles. The molecule has 34 heavy (non-hydrogen) atoms. The van der Waals surface area contributed by atoms with E-state index in [1.165, 1.54) is 23.1 Å². The van der Waals surface area contributed by atoms with Crippen LogP contribution in [0.15, 0.2) is 82.9 Å². The second-order valence-corrected chi connectivity index (χ2v) is 9.90. The number of carbonyl (C=O) groups is 1. The van der Waals surface area contributed by atoms with Crippen LogP contribution in [-0.4, -0.2) is 26.2 Å². The zero-order chi connectivity index (χ0) is 23.5. The lowest BCUT2D eigenvalue weighted by Crippen LogP contribution is -2.26. The summed E-state index contributed by atoms with van der Waals surface area (Å²) in [5.41, 5.74) is 3.73. The average molecular weight is 487 g/mol. The molecule has 1 N–H and O–H groups in total. The highest BCUT2D eigenvalue weighted by Crippen LogP contribution is 2.30. The van der Waals surface area contributed by atoms with E-state index in [2.05, 4.69) is 10.3 Å².